The first-order valence-electron chi connectivity index (χ1n) is 6.72. The Hall–Kier alpha value is 1.10. The van der Waals surface area contributed by atoms with E-state index < -0.39 is 5.17 Å². The average molecular weight is 378 g/mol. The van der Waals surface area contributed by atoms with Crippen molar-refractivity contribution < 1.29 is 13.6 Å². The molecule has 0 aliphatic rings. The normalized spacial score (nSPS) is 11.9. The van der Waals surface area contributed by atoms with Crippen LogP contribution in [0, 0.1) is 0 Å². The first-order chi connectivity index (χ1) is 8.18. The third-order valence-corrected chi connectivity index (χ3v) is 6.45. The van der Waals surface area contributed by atoms with Gasteiger partial charge in [-0.2, -0.15) is 0 Å². The van der Waals surface area contributed by atoms with E-state index in [-0.39, 0.29) is 0 Å². The maximum atomic E-state index is 5.83. The molecular weight excluding hydrogens is 351 g/mol. The molecule has 0 aliphatic carbocycles. The van der Waals surface area contributed by atoms with Gasteiger partial charge in [0.05, 0.1) is 0 Å². The van der Waals surface area contributed by atoms with Crippen molar-refractivity contribution in [2.75, 3.05) is 19.8 Å². The van der Waals surface area contributed by atoms with Crippen LogP contribution in [0.5, 0.6) is 0 Å². The predicted octanol–water partition coefficient (Wildman–Crippen LogP) is 4.28. The minimum atomic E-state index is -2.05. The van der Waals surface area contributed by atoms with Crippen LogP contribution in [-0.4, -0.2) is 41.1 Å². The molecule has 0 unspecified atom stereocenters. The second-order valence-electron chi connectivity index (χ2n) is 4.01. The summed E-state index contributed by atoms with van der Waals surface area (Å²) in [5.74, 6) is 0. The van der Waals surface area contributed by atoms with Gasteiger partial charge in [-0.3, -0.25) is 0 Å². The molecular formula is C12H27O3PTe. The van der Waals surface area contributed by atoms with E-state index in [9.17, 15) is 0 Å². The van der Waals surface area contributed by atoms with Gasteiger partial charge >= 0.3 is 119 Å². The van der Waals surface area contributed by atoms with Crippen LogP contribution in [0.1, 0.15) is 59.3 Å². The van der Waals surface area contributed by atoms with Crippen molar-refractivity contribution in [3.8, 4) is 0 Å². The zero-order valence-corrected chi connectivity index (χ0v) is 14.7. The Morgan fingerprint density at radius 2 is 1.00 bits per heavy atom. The molecule has 0 saturated heterocycles. The summed E-state index contributed by atoms with van der Waals surface area (Å²) in [6.07, 6.45) is 6.66. The molecule has 0 atom stereocenters. The summed E-state index contributed by atoms with van der Waals surface area (Å²) in [6.45, 7) is 8.74. The van der Waals surface area contributed by atoms with Gasteiger partial charge in [0.25, 0.3) is 0 Å². The number of rotatable bonds is 12. The molecule has 0 heterocycles. The molecule has 0 radical (unpaired) electrons. The Labute approximate surface area is 119 Å². The molecule has 0 aromatic heterocycles. The third-order valence-electron chi connectivity index (χ3n) is 2.24. The van der Waals surface area contributed by atoms with Crippen LogP contribution >= 0.6 is 5.17 Å². The van der Waals surface area contributed by atoms with Crippen molar-refractivity contribution in [3.63, 3.8) is 0 Å². The first-order valence-corrected chi connectivity index (χ1v) is 11.3. The molecule has 0 spiro atoms. The van der Waals surface area contributed by atoms with Gasteiger partial charge in [-0.15, -0.1) is 0 Å². The molecule has 0 fully saturated rings. The molecule has 104 valence electrons. The quantitative estimate of drug-likeness (QED) is 0.288. The Bertz CT molecular complexity index is 179. The van der Waals surface area contributed by atoms with Gasteiger partial charge in [-0.25, -0.2) is 0 Å². The Balaban J connectivity index is 4.00. The minimum absolute atomic E-state index is 0.752. The first kappa shape index (κ1) is 18.1. The summed E-state index contributed by atoms with van der Waals surface area (Å²) < 4.78 is 17.5. The Kier molecular flexibility index (Phi) is 12.9. The van der Waals surface area contributed by atoms with E-state index in [4.69, 9.17) is 13.6 Å². The summed E-state index contributed by atoms with van der Waals surface area (Å²) in [4.78, 5) is 0. The van der Waals surface area contributed by atoms with Gasteiger partial charge in [-0.1, -0.05) is 0 Å². The summed E-state index contributed by atoms with van der Waals surface area (Å²) in [5, 5.41) is -2.05. The molecule has 0 N–H and O–H groups in total. The van der Waals surface area contributed by atoms with Crippen LogP contribution in [-0.2, 0) is 13.6 Å². The fourth-order valence-corrected chi connectivity index (χ4v) is 4.27. The summed E-state index contributed by atoms with van der Waals surface area (Å²) >= 11 is 1.91. The molecule has 5 heteroatoms. The summed E-state index contributed by atoms with van der Waals surface area (Å²) in [5.41, 5.74) is 0. The molecule has 0 saturated carbocycles. The zero-order valence-electron chi connectivity index (χ0n) is 11.4. The summed E-state index contributed by atoms with van der Waals surface area (Å²) in [6, 6.07) is 0. The SMILES string of the molecule is CCCCOP(=[Te])(OCCCC)OCCCC. The molecule has 17 heavy (non-hydrogen) atoms. The van der Waals surface area contributed by atoms with Crippen molar-refractivity contribution in [1.29, 1.82) is 0 Å². The van der Waals surface area contributed by atoms with E-state index in [1.807, 2.05) is 21.2 Å². The van der Waals surface area contributed by atoms with E-state index in [1.165, 1.54) is 0 Å². The van der Waals surface area contributed by atoms with Crippen molar-refractivity contribution in [2.45, 2.75) is 59.3 Å². The van der Waals surface area contributed by atoms with Gasteiger partial charge in [0, 0.05) is 0 Å². The zero-order chi connectivity index (χ0) is 13.0. The van der Waals surface area contributed by atoms with Crippen LogP contribution in [0.2, 0.25) is 0 Å². The van der Waals surface area contributed by atoms with Crippen molar-refractivity contribution in [3.05, 3.63) is 0 Å². The van der Waals surface area contributed by atoms with Gasteiger partial charge < -0.3 is 0 Å². The van der Waals surface area contributed by atoms with Crippen molar-refractivity contribution in [2.24, 2.45) is 0 Å². The predicted molar refractivity (Wildman–Crippen MR) is 75.3 cm³/mol. The van der Waals surface area contributed by atoms with Crippen molar-refractivity contribution in [1.82, 2.24) is 0 Å². The van der Waals surface area contributed by atoms with Gasteiger partial charge in [0.2, 0.25) is 0 Å². The molecule has 0 bridgehead atoms. The Morgan fingerprint density at radius 3 is 1.24 bits per heavy atom. The monoisotopic (exact) mass is 380 g/mol. The average Bonchev–Trinajstić information content (AvgIpc) is 2.30. The van der Waals surface area contributed by atoms with Crippen LogP contribution in [0.15, 0.2) is 0 Å². The van der Waals surface area contributed by atoms with Crippen molar-refractivity contribution >= 4 is 26.4 Å². The van der Waals surface area contributed by atoms with E-state index in [0.29, 0.717) is 0 Å². The maximum absolute atomic E-state index is 5.83. The molecule has 0 aromatic rings. The fraction of sp³-hybridized carbons (Fsp3) is 1.00. The van der Waals surface area contributed by atoms with Gasteiger partial charge in [0.15, 0.2) is 0 Å². The molecule has 0 rings (SSSR count). The van der Waals surface area contributed by atoms with Crippen LogP contribution in [0.3, 0.4) is 0 Å². The molecule has 3 nitrogen and oxygen atoms in total. The fourth-order valence-electron chi connectivity index (χ4n) is 1.07. The van der Waals surface area contributed by atoms with E-state index in [1.54, 1.807) is 0 Å². The third kappa shape index (κ3) is 10.7. The summed E-state index contributed by atoms with van der Waals surface area (Å²) in [7, 11) is 0. The van der Waals surface area contributed by atoms with Crippen LogP contribution in [0.4, 0.5) is 0 Å². The Morgan fingerprint density at radius 1 is 0.706 bits per heavy atom. The number of unbranched alkanes of at least 4 members (excludes halogenated alkanes) is 3. The number of hydrogen-bond acceptors (Lipinski definition) is 3. The van der Waals surface area contributed by atoms with E-state index in [2.05, 4.69) is 20.8 Å². The van der Waals surface area contributed by atoms with E-state index >= 15 is 0 Å². The molecule has 0 aromatic carbocycles. The van der Waals surface area contributed by atoms with E-state index in [0.717, 1.165) is 58.3 Å². The van der Waals surface area contributed by atoms with Gasteiger partial charge in [0.1, 0.15) is 0 Å². The second-order valence-corrected chi connectivity index (χ2v) is 9.51. The topological polar surface area (TPSA) is 27.7 Å². The van der Waals surface area contributed by atoms with Crippen LogP contribution in [0.25, 0.3) is 0 Å². The van der Waals surface area contributed by atoms with Gasteiger partial charge in [-0.05, 0) is 0 Å². The standard InChI is InChI=1S/C12H27O3PTe/c1-4-7-10-13-16(17,14-11-8-5-2)15-12-9-6-3/h4-12H2,1-3H3. The molecule has 0 aliphatic heterocycles. The molecule has 0 amide bonds. The number of hydrogen-bond donors (Lipinski definition) is 0. The second kappa shape index (κ2) is 12.1. The van der Waals surface area contributed by atoms with Crippen LogP contribution < -0.4 is 0 Å².